The molecule has 2 aromatic carbocycles. The van der Waals surface area contributed by atoms with Gasteiger partial charge in [-0.1, -0.05) is 17.7 Å². The minimum Gasteiger partial charge on any atom is -0.493 e. The zero-order valence-electron chi connectivity index (χ0n) is 18.7. The average Bonchev–Trinajstić information content (AvgIpc) is 3.34. The summed E-state index contributed by atoms with van der Waals surface area (Å²) in [6, 6.07) is 11.8. The highest BCUT2D eigenvalue weighted by atomic mass is 35.5. The monoisotopic (exact) mass is 483 g/mol. The molecule has 0 saturated heterocycles. The Labute approximate surface area is 202 Å². The maximum absolute atomic E-state index is 12.4. The number of halogens is 1. The van der Waals surface area contributed by atoms with Crippen LogP contribution in [0.5, 0.6) is 5.75 Å². The maximum Gasteiger partial charge on any atom is 0.269 e. The molecular formula is C24H26ClN5O4. The van der Waals surface area contributed by atoms with Crippen LogP contribution in [-0.4, -0.2) is 33.9 Å². The first kappa shape index (κ1) is 24.8. The number of aromatic nitrogens is 2. The highest BCUT2D eigenvalue weighted by Crippen LogP contribution is 2.21. The SMILES string of the molecule is Cc1cc(Cl)ccc1OCCCC(=O)NNC(=O)c1cccc(NC(=O)CCn2ccnc2)c1. The first-order valence-electron chi connectivity index (χ1n) is 10.7. The van der Waals surface area contributed by atoms with Crippen molar-refractivity contribution < 1.29 is 19.1 Å². The van der Waals surface area contributed by atoms with Crippen LogP contribution in [0.25, 0.3) is 0 Å². The van der Waals surface area contributed by atoms with Gasteiger partial charge in [-0.2, -0.15) is 0 Å². The Bertz CT molecular complexity index is 1130. The van der Waals surface area contributed by atoms with Crippen molar-refractivity contribution in [2.45, 2.75) is 32.7 Å². The summed E-state index contributed by atoms with van der Waals surface area (Å²) >= 11 is 5.92. The van der Waals surface area contributed by atoms with E-state index in [1.165, 1.54) is 0 Å². The lowest BCUT2D eigenvalue weighted by molar-refractivity contribution is -0.122. The molecule has 0 aliphatic heterocycles. The van der Waals surface area contributed by atoms with Gasteiger partial charge in [-0.15, -0.1) is 0 Å². The molecule has 34 heavy (non-hydrogen) atoms. The molecule has 0 aliphatic carbocycles. The van der Waals surface area contributed by atoms with Gasteiger partial charge in [0.15, 0.2) is 0 Å². The van der Waals surface area contributed by atoms with Gasteiger partial charge in [0.05, 0.1) is 12.9 Å². The van der Waals surface area contributed by atoms with Crippen LogP contribution in [0.3, 0.4) is 0 Å². The van der Waals surface area contributed by atoms with E-state index < -0.39 is 5.91 Å². The predicted octanol–water partition coefficient (Wildman–Crippen LogP) is 3.49. The van der Waals surface area contributed by atoms with Crippen LogP contribution in [0, 0.1) is 6.92 Å². The van der Waals surface area contributed by atoms with Crippen molar-refractivity contribution in [1.29, 1.82) is 0 Å². The van der Waals surface area contributed by atoms with E-state index in [2.05, 4.69) is 21.2 Å². The molecule has 9 nitrogen and oxygen atoms in total. The average molecular weight is 484 g/mol. The predicted molar refractivity (Wildman–Crippen MR) is 128 cm³/mol. The highest BCUT2D eigenvalue weighted by molar-refractivity contribution is 6.30. The Morgan fingerprint density at radius 3 is 2.68 bits per heavy atom. The standard InChI is InChI=1S/C24H26ClN5O4/c1-17-14-19(25)7-8-21(17)34-13-3-6-23(32)28-29-24(33)18-4-2-5-20(15-18)27-22(31)9-11-30-12-10-26-16-30/h2,4-5,7-8,10,12,14-16H,3,6,9,11,13H2,1H3,(H,27,31)(H,28,32)(H,29,33). The fourth-order valence-electron chi connectivity index (χ4n) is 3.06. The van der Waals surface area contributed by atoms with Gasteiger partial charge in [-0.05, 0) is 55.3 Å². The van der Waals surface area contributed by atoms with Crippen LogP contribution in [0.1, 0.15) is 35.2 Å². The molecule has 10 heteroatoms. The number of aryl methyl sites for hydroxylation is 2. The van der Waals surface area contributed by atoms with Crippen molar-refractivity contribution in [3.63, 3.8) is 0 Å². The molecule has 1 aromatic heterocycles. The Balaban J connectivity index is 1.37. The normalized spacial score (nSPS) is 10.4. The van der Waals surface area contributed by atoms with Crippen LogP contribution >= 0.6 is 11.6 Å². The molecule has 0 radical (unpaired) electrons. The number of carbonyl (C=O) groups is 3. The molecular weight excluding hydrogens is 458 g/mol. The second kappa shape index (κ2) is 12.4. The number of hydrazine groups is 1. The van der Waals surface area contributed by atoms with Crippen molar-refractivity contribution >= 4 is 35.0 Å². The van der Waals surface area contributed by atoms with E-state index in [1.54, 1.807) is 65.8 Å². The molecule has 0 saturated carbocycles. The summed E-state index contributed by atoms with van der Waals surface area (Å²) in [6.45, 7) is 2.75. The van der Waals surface area contributed by atoms with Crippen LogP contribution in [-0.2, 0) is 16.1 Å². The van der Waals surface area contributed by atoms with Crippen molar-refractivity contribution in [1.82, 2.24) is 20.4 Å². The smallest absolute Gasteiger partial charge is 0.269 e. The largest absolute Gasteiger partial charge is 0.493 e. The summed E-state index contributed by atoms with van der Waals surface area (Å²) in [5, 5.41) is 3.40. The van der Waals surface area contributed by atoms with Gasteiger partial charge in [0.1, 0.15) is 5.75 Å². The van der Waals surface area contributed by atoms with Gasteiger partial charge in [0.25, 0.3) is 5.91 Å². The number of nitrogens with zero attached hydrogens (tertiary/aromatic N) is 2. The van der Waals surface area contributed by atoms with Crippen molar-refractivity contribution in [3.05, 3.63) is 77.3 Å². The molecule has 0 aliphatic rings. The van der Waals surface area contributed by atoms with Crippen molar-refractivity contribution in [3.8, 4) is 5.75 Å². The molecule has 3 rings (SSSR count). The summed E-state index contributed by atoms with van der Waals surface area (Å²) in [7, 11) is 0. The summed E-state index contributed by atoms with van der Waals surface area (Å²) in [4.78, 5) is 40.5. The second-order valence-electron chi connectivity index (χ2n) is 7.54. The molecule has 0 atom stereocenters. The minimum atomic E-state index is -0.490. The van der Waals surface area contributed by atoms with E-state index in [4.69, 9.17) is 16.3 Å². The molecule has 0 spiro atoms. The molecule has 3 N–H and O–H groups in total. The Hall–Kier alpha value is -3.85. The molecule has 0 fully saturated rings. The van der Waals surface area contributed by atoms with E-state index in [0.717, 1.165) is 5.56 Å². The number of hydrogen-bond donors (Lipinski definition) is 3. The van der Waals surface area contributed by atoms with Crippen LogP contribution in [0.2, 0.25) is 5.02 Å². The van der Waals surface area contributed by atoms with E-state index in [-0.39, 0.29) is 24.7 Å². The number of benzene rings is 2. The van der Waals surface area contributed by atoms with Crippen LogP contribution in [0.15, 0.2) is 61.2 Å². The fourth-order valence-corrected chi connectivity index (χ4v) is 3.29. The zero-order valence-corrected chi connectivity index (χ0v) is 19.5. The third-order valence-corrected chi connectivity index (χ3v) is 5.06. The van der Waals surface area contributed by atoms with Crippen LogP contribution < -0.4 is 20.9 Å². The number of amides is 3. The molecule has 0 bridgehead atoms. The van der Waals surface area contributed by atoms with Crippen molar-refractivity contribution in [2.24, 2.45) is 0 Å². The lowest BCUT2D eigenvalue weighted by Gasteiger charge is -2.11. The number of anilines is 1. The van der Waals surface area contributed by atoms with Gasteiger partial charge in [-0.3, -0.25) is 25.2 Å². The summed E-state index contributed by atoms with van der Waals surface area (Å²) < 4.78 is 7.46. The summed E-state index contributed by atoms with van der Waals surface area (Å²) in [6.07, 6.45) is 5.99. The quantitative estimate of drug-likeness (QED) is 0.301. The molecule has 0 unspecified atom stereocenters. The lowest BCUT2D eigenvalue weighted by atomic mass is 10.2. The zero-order chi connectivity index (χ0) is 24.3. The minimum absolute atomic E-state index is 0.180. The molecule has 3 amide bonds. The van der Waals surface area contributed by atoms with Gasteiger partial charge >= 0.3 is 0 Å². The van der Waals surface area contributed by atoms with Gasteiger partial charge in [-0.25, -0.2) is 4.98 Å². The number of hydrogen-bond acceptors (Lipinski definition) is 5. The third kappa shape index (κ3) is 7.93. The van der Waals surface area contributed by atoms with Gasteiger partial charge < -0.3 is 14.6 Å². The Morgan fingerprint density at radius 1 is 1.06 bits per heavy atom. The number of rotatable bonds is 10. The van der Waals surface area contributed by atoms with E-state index in [1.807, 2.05) is 6.92 Å². The van der Waals surface area contributed by atoms with E-state index in [0.29, 0.717) is 41.6 Å². The third-order valence-electron chi connectivity index (χ3n) is 4.82. The fraction of sp³-hybridized carbons (Fsp3) is 0.250. The molecule has 178 valence electrons. The summed E-state index contributed by atoms with van der Waals surface area (Å²) in [5.74, 6) is -0.299. The number of imidazole rings is 1. The first-order valence-corrected chi connectivity index (χ1v) is 11.1. The Kier molecular flexibility index (Phi) is 9.04. The van der Waals surface area contributed by atoms with Gasteiger partial charge in [0.2, 0.25) is 11.8 Å². The summed E-state index contributed by atoms with van der Waals surface area (Å²) in [5.41, 5.74) is 6.47. The first-order chi connectivity index (χ1) is 16.4. The second-order valence-corrected chi connectivity index (χ2v) is 7.98. The highest BCUT2D eigenvalue weighted by Gasteiger charge is 2.10. The van der Waals surface area contributed by atoms with E-state index >= 15 is 0 Å². The lowest BCUT2D eigenvalue weighted by Crippen LogP contribution is -2.41. The maximum atomic E-state index is 12.4. The molecule has 1 heterocycles. The number of nitrogens with one attached hydrogen (secondary N) is 3. The number of ether oxygens (including phenoxy) is 1. The van der Waals surface area contributed by atoms with Gasteiger partial charge in [0, 0.05) is 48.1 Å². The van der Waals surface area contributed by atoms with E-state index in [9.17, 15) is 14.4 Å². The Morgan fingerprint density at radius 2 is 1.91 bits per heavy atom. The van der Waals surface area contributed by atoms with Crippen molar-refractivity contribution in [2.75, 3.05) is 11.9 Å². The number of carbonyl (C=O) groups excluding carboxylic acids is 3. The topological polar surface area (TPSA) is 114 Å². The molecule has 3 aromatic rings. The van der Waals surface area contributed by atoms with Crippen LogP contribution in [0.4, 0.5) is 5.69 Å².